The average Bonchev–Trinajstić information content (AvgIpc) is 3.21. The number of H-pyrrole nitrogens is 1. The first-order chi connectivity index (χ1) is 13.9. The number of thioether (sulfide) groups is 1. The van der Waals surface area contributed by atoms with Crippen LogP contribution >= 0.6 is 11.8 Å². The monoisotopic (exact) mass is 439 g/mol. The van der Waals surface area contributed by atoms with Crippen LogP contribution in [0.1, 0.15) is 32.0 Å². The molecule has 2 N–H and O–H groups in total. The summed E-state index contributed by atoms with van der Waals surface area (Å²) in [5.41, 5.74) is 0.320. The summed E-state index contributed by atoms with van der Waals surface area (Å²) in [6.45, 7) is 2.99. The van der Waals surface area contributed by atoms with Crippen LogP contribution in [-0.2, 0) is 21.2 Å². The highest BCUT2D eigenvalue weighted by Gasteiger charge is 2.27. The zero-order chi connectivity index (χ0) is 20.9. The van der Waals surface area contributed by atoms with Crippen LogP contribution in [0.3, 0.4) is 0 Å². The zero-order valence-corrected chi connectivity index (χ0v) is 18.1. The summed E-state index contributed by atoms with van der Waals surface area (Å²) >= 11 is 1.20. The van der Waals surface area contributed by atoms with Crippen molar-refractivity contribution >= 4 is 33.4 Å². The summed E-state index contributed by atoms with van der Waals surface area (Å²) in [4.78, 5) is 16.8. The lowest BCUT2D eigenvalue weighted by Gasteiger charge is -2.26. The van der Waals surface area contributed by atoms with Crippen molar-refractivity contribution < 1.29 is 17.9 Å². The highest BCUT2D eigenvalue weighted by Crippen LogP contribution is 2.30. The number of hydrogen-bond acceptors (Lipinski definition) is 7. The van der Waals surface area contributed by atoms with Gasteiger partial charge in [-0.15, -0.1) is 5.10 Å². The molecule has 0 spiro atoms. The summed E-state index contributed by atoms with van der Waals surface area (Å²) in [6, 6.07) is 4.52. The molecule has 29 heavy (non-hydrogen) atoms. The number of piperidine rings is 1. The van der Waals surface area contributed by atoms with E-state index in [-0.39, 0.29) is 16.6 Å². The number of hydrogen-bond donors (Lipinski definition) is 2. The maximum atomic E-state index is 12.9. The van der Waals surface area contributed by atoms with Gasteiger partial charge < -0.3 is 10.1 Å². The smallest absolute Gasteiger partial charge is 0.243 e. The highest BCUT2D eigenvalue weighted by molar-refractivity contribution is 7.99. The molecule has 3 rings (SSSR count). The molecule has 0 saturated carbocycles. The van der Waals surface area contributed by atoms with Crippen molar-refractivity contribution in [2.75, 3.05) is 31.3 Å². The summed E-state index contributed by atoms with van der Waals surface area (Å²) in [7, 11) is -2.13. The lowest BCUT2D eigenvalue weighted by molar-refractivity contribution is -0.113. The van der Waals surface area contributed by atoms with Gasteiger partial charge in [-0.2, -0.15) is 4.31 Å². The van der Waals surface area contributed by atoms with E-state index in [1.807, 2.05) is 6.92 Å². The Kier molecular flexibility index (Phi) is 7.14. The Morgan fingerprint density at radius 1 is 1.31 bits per heavy atom. The van der Waals surface area contributed by atoms with Crippen molar-refractivity contribution in [3.05, 3.63) is 24.0 Å². The number of aromatic amines is 1. The van der Waals surface area contributed by atoms with E-state index in [1.165, 1.54) is 35.3 Å². The summed E-state index contributed by atoms with van der Waals surface area (Å²) in [5.74, 6) is 0.939. The molecule has 0 atom stereocenters. The number of carbonyl (C=O) groups is 1. The topological polar surface area (TPSA) is 117 Å². The van der Waals surface area contributed by atoms with Gasteiger partial charge in [0.25, 0.3) is 0 Å². The molecule has 0 unspecified atom stereocenters. The van der Waals surface area contributed by atoms with Crippen LogP contribution < -0.4 is 10.1 Å². The van der Waals surface area contributed by atoms with Gasteiger partial charge in [0.05, 0.1) is 23.4 Å². The van der Waals surface area contributed by atoms with Gasteiger partial charge in [-0.25, -0.2) is 13.4 Å². The van der Waals surface area contributed by atoms with Gasteiger partial charge in [-0.3, -0.25) is 9.89 Å². The zero-order valence-electron chi connectivity index (χ0n) is 16.5. The Hall–Kier alpha value is -2.11. The van der Waals surface area contributed by atoms with Gasteiger partial charge in [-0.05, 0) is 31.0 Å². The third kappa shape index (κ3) is 5.28. The minimum atomic E-state index is -3.60. The van der Waals surface area contributed by atoms with Crippen molar-refractivity contribution in [2.24, 2.45) is 0 Å². The maximum Gasteiger partial charge on any atom is 0.243 e. The Labute approximate surface area is 174 Å². The Balaban J connectivity index is 1.72. The first-order valence-electron chi connectivity index (χ1n) is 9.46. The predicted molar refractivity (Wildman–Crippen MR) is 111 cm³/mol. The predicted octanol–water partition coefficient (Wildman–Crippen LogP) is 2.28. The third-order valence-electron chi connectivity index (χ3n) is 4.58. The largest absolute Gasteiger partial charge is 0.495 e. The molecular weight excluding hydrogens is 414 g/mol. The van der Waals surface area contributed by atoms with Gasteiger partial charge in [-0.1, -0.05) is 25.1 Å². The molecule has 0 bridgehead atoms. The van der Waals surface area contributed by atoms with Crippen LogP contribution in [0.2, 0.25) is 0 Å². The maximum absolute atomic E-state index is 12.9. The number of aromatic nitrogens is 3. The Bertz CT molecular complexity index is 955. The molecule has 9 nitrogen and oxygen atoms in total. The van der Waals surface area contributed by atoms with Crippen molar-refractivity contribution in [3.63, 3.8) is 0 Å². The van der Waals surface area contributed by atoms with E-state index in [4.69, 9.17) is 4.74 Å². The fourth-order valence-corrected chi connectivity index (χ4v) is 5.18. The molecule has 1 aromatic heterocycles. The number of sulfonamides is 1. The number of aryl methyl sites for hydroxylation is 1. The quantitative estimate of drug-likeness (QED) is 0.606. The molecule has 2 aromatic rings. The molecule has 11 heteroatoms. The second kappa shape index (κ2) is 9.59. The molecule has 158 valence electrons. The van der Waals surface area contributed by atoms with Crippen molar-refractivity contribution in [1.82, 2.24) is 19.5 Å². The SMILES string of the molecule is CCc1nc(SCC(=O)Nc2cc(S(=O)(=O)N3CCCCC3)ccc2OC)n[nH]1. The Morgan fingerprint density at radius 3 is 2.72 bits per heavy atom. The van der Waals surface area contributed by atoms with Crippen LogP contribution in [0.25, 0.3) is 0 Å². The molecule has 1 fully saturated rings. The number of amides is 1. The fourth-order valence-electron chi connectivity index (χ4n) is 3.02. The fraction of sp³-hybridized carbons (Fsp3) is 0.500. The van der Waals surface area contributed by atoms with E-state index in [0.29, 0.717) is 29.7 Å². The average molecular weight is 440 g/mol. The molecule has 1 saturated heterocycles. The second-order valence-corrected chi connectivity index (χ2v) is 9.46. The molecule has 1 aliphatic rings. The van der Waals surface area contributed by atoms with Crippen molar-refractivity contribution in [3.8, 4) is 5.75 Å². The molecule has 1 aromatic carbocycles. The number of ether oxygens (including phenoxy) is 1. The van der Waals surface area contributed by atoms with E-state index in [2.05, 4.69) is 20.5 Å². The third-order valence-corrected chi connectivity index (χ3v) is 7.32. The number of nitrogens with zero attached hydrogens (tertiary/aromatic N) is 3. The van der Waals surface area contributed by atoms with Gasteiger partial charge in [0.2, 0.25) is 21.1 Å². The highest BCUT2D eigenvalue weighted by atomic mass is 32.2. The van der Waals surface area contributed by atoms with E-state index in [9.17, 15) is 13.2 Å². The summed E-state index contributed by atoms with van der Waals surface area (Å²) < 4.78 is 32.6. The molecule has 1 amide bonds. The standard InChI is InChI=1S/C18H25N5O4S2/c1-3-16-20-18(22-21-16)28-12-17(24)19-14-11-13(7-8-15(14)27-2)29(25,26)23-9-5-4-6-10-23/h7-8,11H,3-6,9-10,12H2,1-2H3,(H,19,24)(H,20,21,22). The van der Waals surface area contributed by atoms with Crippen LogP contribution in [0, 0.1) is 0 Å². The summed E-state index contributed by atoms with van der Waals surface area (Å²) in [6.07, 6.45) is 3.49. The number of benzene rings is 1. The molecule has 0 radical (unpaired) electrons. The number of nitrogens with one attached hydrogen (secondary N) is 2. The minimum absolute atomic E-state index is 0.0905. The Morgan fingerprint density at radius 2 is 2.07 bits per heavy atom. The second-order valence-electron chi connectivity index (χ2n) is 6.58. The molecular formula is C18H25N5O4S2. The molecule has 2 heterocycles. The van der Waals surface area contributed by atoms with E-state index in [0.717, 1.165) is 31.5 Å². The lowest BCUT2D eigenvalue weighted by Crippen LogP contribution is -2.35. The van der Waals surface area contributed by atoms with Crippen LogP contribution in [0.5, 0.6) is 5.75 Å². The number of rotatable bonds is 8. The van der Waals surface area contributed by atoms with Gasteiger partial charge >= 0.3 is 0 Å². The van der Waals surface area contributed by atoms with Gasteiger partial charge in [0.1, 0.15) is 11.6 Å². The van der Waals surface area contributed by atoms with Crippen LogP contribution in [0.4, 0.5) is 5.69 Å². The van der Waals surface area contributed by atoms with Gasteiger partial charge in [0.15, 0.2) is 0 Å². The first kappa shape index (κ1) is 21.6. The van der Waals surface area contributed by atoms with Gasteiger partial charge in [0, 0.05) is 19.5 Å². The number of anilines is 1. The van der Waals surface area contributed by atoms with Crippen molar-refractivity contribution in [2.45, 2.75) is 42.7 Å². The van der Waals surface area contributed by atoms with E-state index < -0.39 is 10.0 Å². The normalized spacial score (nSPS) is 15.2. The van der Waals surface area contributed by atoms with Crippen LogP contribution in [-0.4, -0.2) is 59.8 Å². The number of carbonyl (C=O) groups excluding carboxylic acids is 1. The molecule has 0 aliphatic carbocycles. The minimum Gasteiger partial charge on any atom is -0.495 e. The summed E-state index contributed by atoms with van der Waals surface area (Å²) in [5, 5.41) is 10.1. The van der Waals surface area contributed by atoms with Crippen LogP contribution in [0.15, 0.2) is 28.3 Å². The number of methoxy groups -OCH3 is 1. The van der Waals surface area contributed by atoms with Crippen molar-refractivity contribution in [1.29, 1.82) is 0 Å². The lowest BCUT2D eigenvalue weighted by atomic mass is 10.2. The molecule has 1 aliphatic heterocycles. The first-order valence-corrected chi connectivity index (χ1v) is 11.9. The van der Waals surface area contributed by atoms with E-state index >= 15 is 0 Å². The van der Waals surface area contributed by atoms with E-state index in [1.54, 1.807) is 6.07 Å².